The van der Waals surface area contributed by atoms with Gasteiger partial charge in [0.15, 0.2) is 5.82 Å². The van der Waals surface area contributed by atoms with Gasteiger partial charge in [-0.25, -0.2) is 9.67 Å². The van der Waals surface area contributed by atoms with Crippen molar-refractivity contribution in [3.8, 4) is 11.4 Å². The van der Waals surface area contributed by atoms with Crippen molar-refractivity contribution in [1.29, 1.82) is 0 Å². The molecule has 0 saturated carbocycles. The van der Waals surface area contributed by atoms with Gasteiger partial charge in [0.2, 0.25) is 0 Å². The zero-order valence-electron chi connectivity index (χ0n) is 12.3. The summed E-state index contributed by atoms with van der Waals surface area (Å²) >= 11 is 0. The van der Waals surface area contributed by atoms with Gasteiger partial charge in [-0.15, -0.1) is 18.3 Å². The SMILES string of the molecule is CCC/C=C(\C)c1ncn(-c2ccc(OC(F)(F)F)cc2)n1. The second-order valence-electron chi connectivity index (χ2n) is 4.73. The fourth-order valence-electron chi connectivity index (χ4n) is 1.82. The van der Waals surface area contributed by atoms with Crippen LogP contribution in [0.5, 0.6) is 5.75 Å². The van der Waals surface area contributed by atoms with E-state index in [4.69, 9.17) is 0 Å². The van der Waals surface area contributed by atoms with Crippen molar-refractivity contribution in [3.63, 3.8) is 0 Å². The Hall–Kier alpha value is -2.31. The molecule has 0 aliphatic carbocycles. The zero-order valence-corrected chi connectivity index (χ0v) is 12.3. The molecule has 0 aliphatic heterocycles. The highest BCUT2D eigenvalue weighted by atomic mass is 19.4. The lowest BCUT2D eigenvalue weighted by molar-refractivity contribution is -0.274. The number of unbranched alkanes of at least 4 members (excludes halogenated alkanes) is 1. The lowest BCUT2D eigenvalue weighted by Gasteiger charge is -2.09. The fraction of sp³-hybridized carbons (Fsp3) is 0.333. The topological polar surface area (TPSA) is 39.9 Å². The van der Waals surface area contributed by atoms with Crippen LogP contribution >= 0.6 is 0 Å². The minimum absolute atomic E-state index is 0.268. The summed E-state index contributed by atoms with van der Waals surface area (Å²) in [6, 6.07) is 5.46. The maximum absolute atomic E-state index is 12.1. The zero-order chi connectivity index (χ0) is 16.2. The number of hydrogen-bond donors (Lipinski definition) is 0. The van der Waals surface area contributed by atoms with E-state index < -0.39 is 6.36 Å². The van der Waals surface area contributed by atoms with E-state index >= 15 is 0 Å². The Labute approximate surface area is 126 Å². The van der Waals surface area contributed by atoms with E-state index in [9.17, 15) is 13.2 Å². The van der Waals surface area contributed by atoms with E-state index in [1.54, 1.807) is 0 Å². The van der Waals surface area contributed by atoms with Gasteiger partial charge < -0.3 is 4.74 Å². The van der Waals surface area contributed by atoms with Gasteiger partial charge in [-0.3, -0.25) is 0 Å². The molecule has 0 radical (unpaired) electrons. The van der Waals surface area contributed by atoms with Crippen LogP contribution in [0.1, 0.15) is 32.5 Å². The summed E-state index contributed by atoms with van der Waals surface area (Å²) in [6.45, 7) is 4.01. The molecule has 4 nitrogen and oxygen atoms in total. The van der Waals surface area contributed by atoms with Crippen molar-refractivity contribution in [1.82, 2.24) is 14.8 Å². The van der Waals surface area contributed by atoms with Crippen LogP contribution in [0.25, 0.3) is 11.3 Å². The standard InChI is InChI=1S/C15H16F3N3O/c1-3-4-5-11(2)14-19-10-21(20-14)12-6-8-13(9-7-12)22-15(16,17)18/h5-10H,3-4H2,1-2H3/b11-5+. The molecule has 0 bridgehead atoms. The van der Waals surface area contributed by atoms with Crippen molar-refractivity contribution >= 4 is 5.57 Å². The molecule has 0 amide bonds. The molecule has 118 valence electrons. The number of aromatic nitrogens is 3. The van der Waals surface area contributed by atoms with Crippen molar-refractivity contribution in [2.75, 3.05) is 0 Å². The Bertz CT molecular complexity index is 645. The first kappa shape index (κ1) is 16.1. The molecule has 7 heteroatoms. The predicted molar refractivity (Wildman–Crippen MR) is 76.6 cm³/mol. The summed E-state index contributed by atoms with van der Waals surface area (Å²) in [7, 11) is 0. The summed E-state index contributed by atoms with van der Waals surface area (Å²) in [4.78, 5) is 4.20. The van der Waals surface area contributed by atoms with Gasteiger partial charge in [0, 0.05) is 0 Å². The summed E-state index contributed by atoms with van der Waals surface area (Å²) < 4.78 is 41.6. The van der Waals surface area contributed by atoms with Crippen molar-refractivity contribution in [2.24, 2.45) is 0 Å². The minimum Gasteiger partial charge on any atom is -0.406 e. The Morgan fingerprint density at radius 1 is 1.27 bits per heavy atom. The summed E-state index contributed by atoms with van der Waals surface area (Å²) in [5.41, 5.74) is 1.58. The Balaban J connectivity index is 2.14. The molecule has 0 saturated heterocycles. The number of ether oxygens (including phenoxy) is 1. The molecule has 0 atom stereocenters. The van der Waals surface area contributed by atoms with Crippen LogP contribution in [0.15, 0.2) is 36.7 Å². The van der Waals surface area contributed by atoms with E-state index in [2.05, 4.69) is 27.8 Å². The highest BCUT2D eigenvalue weighted by Gasteiger charge is 2.30. The Morgan fingerprint density at radius 2 is 1.95 bits per heavy atom. The number of benzene rings is 1. The van der Waals surface area contributed by atoms with Gasteiger partial charge in [0.1, 0.15) is 12.1 Å². The highest BCUT2D eigenvalue weighted by molar-refractivity contribution is 5.56. The maximum Gasteiger partial charge on any atom is 0.573 e. The van der Waals surface area contributed by atoms with E-state index in [-0.39, 0.29) is 5.75 Å². The highest BCUT2D eigenvalue weighted by Crippen LogP contribution is 2.23. The first-order chi connectivity index (χ1) is 10.4. The van der Waals surface area contributed by atoms with E-state index in [1.165, 1.54) is 35.3 Å². The molecule has 0 fully saturated rings. The molecule has 0 unspecified atom stereocenters. The third-order valence-corrected chi connectivity index (χ3v) is 2.92. The third kappa shape index (κ3) is 4.34. The Kier molecular flexibility index (Phi) is 4.85. The van der Waals surface area contributed by atoms with Gasteiger partial charge in [-0.2, -0.15) is 0 Å². The molecule has 2 aromatic rings. The van der Waals surface area contributed by atoms with Crippen LogP contribution in [0.4, 0.5) is 13.2 Å². The minimum atomic E-state index is -4.69. The van der Waals surface area contributed by atoms with Gasteiger partial charge >= 0.3 is 6.36 Å². The normalized spacial score (nSPS) is 12.5. The van der Waals surface area contributed by atoms with Gasteiger partial charge in [-0.1, -0.05) is 19.4 Å². The summed E-state index contributed by atoms with van der Waals surface area (Å²) in [6.07, 6.45) is 0.879. The van der Waals surface area contributed by atoms with E-state index in [0.29, 0.717) is 11.5 Å². The number of allylic oxidation sites excluding steroid dienone is 2. The molecular formula is C15H16F3N3O. The molecular weight excluding hydrogens is 295 g/mol. The monoisotopic (exact) mass is 311 g/mol. The molecule has 1 heterocycles. The number of alkyl halides is 3. The molecule has 0 aliphatic rings. The number of hydrogen-bond acceptors (Lipinski definition) is 3. The number of rotatable bonds is 5. The number of nitrogens with zero attached hydrogens (tertiary/aromatic N) is 3. The van der Waals surface area contributed by atoms with Gasteiger partial charge in [0.25, 0.3) is 0 Å². The summed E-state index contributed by atoms with van der Waals surface area (Å²) in [5, 5.41) is 4.31. The second kappa shape index (κ2) is 6.64. The van der Waals surface area contributed by atoms with Crippen LogP contribution in [-0.4, -0.2) is 21.1 Å². The fourth-order valence-corrected chi connectivity index (χ4v) is 1.82. The number of halogens is 3. The predicted octanol–water partition coefficient (Wildman–Crippen LogP) is 4.37. The summed E-state index contributed by atoms with van der Waals surface area (Å²) in [5.74, 6) is 0.333. The lowest BCUT2D eigenvalue weighted by Crippen LogP contribution is -2.17. The molecule has 2 rings (SSSR count). The first-order valence-corrected chi connectivity index (χ1v) is 6.84. The molecule has 1 aromatic carbocycles. The first-order valence-electron chi connectivity index (χ1n) is 6.84. The van der Waals surface area contributed by atoms with Crippen LogP contribution in [0, 0.1) is 0 Å². The average Bonchev–Trinajstić information content (AvgIpc) is 2.93. The van der Waals surface area contributed by atoms with Gasteiger partial charge in [0.05, 0.1) is 5.69 Å². The maximum atomic E-state index is 12.1. The quantitative estimate of drug-likeness (QED) is 0.823. The molecule has 0 N–H and O–H groups in total. The molecule has 1 aromatic heterocycles. The smallest absolute Gasteiger partial charge is 0.406 e. The van der Waals surface area contributed by atoms with E-state index in [1.807, 2.05) is 6.92 Å². The average molecular weight is 311 g/mol. The van der Waals surface area contributed by atoms with Crippen molar-refractivity contribution in [3.05, 3.63) is 42.5 Å². The molecule has 0 spiro atoms. The van der Waals surface area contributed by atoms with E-state index in [0.717, 1.165) is 18.4 Å². The molecule has 22 heavy (non-hydrogen) atoms. The van der Waals surface area contributed by atoms with Crippen LogP contribution in [0.3, 0.4) is 0 Å². The Morgan fingerprint density at radius 3 is 2.55 bits per heavy atom. The lowest BCUT2D eigenvalue weighted by atomic mass is 10.2. The van der Waals surface area contributed by atoms with Crippen molar-refractivity contribution in [2.45, 2.75) is 33.1 Å². The van der Waals surface area contributed by atoms with Gasteiger partial charge in [-0.05, 0) is 43.2 Å². The van der Waals surface area contributed by atoms with Crippen LogP contribution in [-0.2, 0) is 0 Å². The van der Waals surface area contributed by atoms with Crippen molar-refractivity contribution < 1.29 is 17.9 Å². The van der Waals surface area contributed by atoms with Crippen LogP contribution < -0.4 is 4.74 Å². The second-order valence-corrected chi connectivity index (χ2v) is 4.73. The van der Waals surface area contributed by atoms with Crippen LogP contribution in [0.2, 0.25) is 0 Å². The third-order valence-electron chi connectivity index (χ3n) is 2.92. The largest absolute Gasteiger partial charge is 0.573 e.